The summed E-state index contributed by atoms with van der Waals surface area (Å²) in [6, 6.07) is 0. The molecular weight excluding hydrogens is 328 g/mol. The fourth-order valence-corrected chi connectivity index (χ4v) is 4.18. The zero-order chi connectivity index (χ0) is 18.1. The van der Waals surface area contributed by atoms with Crippen LogP contribution in [0.2, 0.25) is 0 Å². The molecule has 26 heavy (non-hydrogen) atoms. The molecule has 1 aliphatic carbocycles. The number of nitrogens with zero attached hydrogens (tertiary/aromatic N) is 4. The van der Waals surface area contributed by atoms with E-state index in [2.05, 4.69) is 23.6 Å². The molecule has 1 amide bonds. The summed E-state index contributed by atoms with van der Waals surface area (Å²) in [5.41, 5.74) is 2.37. The zero-order valence-corrected chi connectivity index (χ0v) is 16.0. The molecule has 0 unspecified atom stereocenters. The van der Waals surface area contributed by atoms with Gasteiger partial charge in [-0.05, 0) is 39.0 Å². The van der Waals surface area contributed by atoms with Crippen molar-refractivity contribution in [2.75, 3.05) is 44.3 Å². The summed E-state index contributed by atoms with van der Waals surface area (Å²) in [5, 5.41) is 0. The molecule has 1 aromatic heterocycles. The molecule has 0 spiro atoms. The maximum atomic E-state index is 12.3. The Balaban J connectivity index is 1.51. The number of rotatable bonds is 4. The first-order valence-electron chi connectivity index (χ1n) is 10.2. The lowest BCUT2D eigenvalue weighted by molar-refractivity contribution is -0.133. The third kappa shape index (κ3) is 3.56. The topological polar surface area (TPSA) is 58.6 Å². The molecule has 4 rings (SSSR count). The Morgan fingerprint density at radius 1 is 1.08 bits per heavy atom. The Morgan fingerprint density at radius 3 is 2.38 bits per heavy atom. The second-order valence-electron chi connectivity index (χ2n) is 7.80. The third-order valence-corrected chi connectivity index (χ3v) is 5.97. The minimum absolute atomic E-state index is 0.321. The number of amides is 1. The van der Waals surface area contributed by atoms with Gasteiger partial charge >= 0.3 is 0 Å². The van der Waals surface area contributed by atoms with Crippen molar-refractivity contribution in [2.24, 2.45) is 5.92 Å². The van der Waals surface area contributed by atoms with Crippen molar-refractivity contribution in [3.8, 4) is 0 Å². The minimum Gasteiger partial charge on any atom is -0.378 e. The Bertz CT molecular complexity index is 660. The van der Waals surface area contributed by atoms with Crippen LogP contribution in [0.4, 0.5) is 5.82 Å². The van der Waals surface area contributed by atoms with E-state index in [1.54, 1.807) is 0 Å². The van der Waals surface area contributed by atoms with Crippen LogP contribution in [0.5, 0.6) is 0 Å². The van der Waals surface area contributed by atoms with Gasteiger partial charge in [0.2, 0.25) is 5.91 Å². The van der Waals surface area contributed by atoms with E-state index in [0.29, 0.717) is 17.7 Å². The average Bonchev–Trinajstić information content (AvgIpc) is 3.53. The van der Waals surface area contributed by atoms with E-state index < -0.39 is 0 Å². The SMILES string of the molecule is CCc1c(C)nc(C2CCN(C(=O)C3CC3)CC2)nc1N1CCOCC1. The van der Waals surface area contributed by atoms with E-state index in [9.17, 15) is 4.79 Å². The highest BCUT2D eigenvalue weighted by Crippen LogP contribution is 2.34. The summed E-state index contributed by atoms with van der Waals surface area (Å²) in [4.78, 5) is 26.6. The third-order valence-electron chi connectivity index (χ3n) is 5.97. The molecule has 0 atom stereocenters. The number of aromatic nitrogens is 2. The molecular formula is C20H30N4O2. The van der Waals surface area contributed by atoms with E-state index >= 15 is 0 Å². The summed E-state index contributed by atoms with van der Waals surface area (Å²) in [7, 11) is 0. The lowest BCUT2D eigenvalue weighted by atomic mass is 9.95. The summed E-state index contributed by atoms with van der Waals surface area (Å²) in [6.45, 7) is 9.33. The van der Waals surface area contributed by atoms with Gasteiger partial charge < -0.3 is 14.5 Å². The number of morpholine rings is 1. The molecule has 142 valence electrons. The number of carbonyl (C=O) groups excluding carboxylic acids is 1. The van der Waals surface area contributed by atoms with Gasteiger partial charge in [-0.15, -0.1) is 0 Å². The molecule has 0 radical (unpaired) electrons. The number of hydrogen-bond acceptors (Lipinski definition) is 5. The van der Waals surface area contributed by atoms with Crippen LogP contribution in [0.3, 0.4) is 0 Å². The molecule has 2 aliphatic heterocycles. The number of anilines is 1. The maximum Gasteiger partial charge on any atom is 0.225 e. The van der Waals surface area contributed by atoms with Crippen LogP contribution in [0.25, 0.3) is 0 Å². The van der Waals surface area contributed by atoms with Crippen LogP contribution in [-0.2, 0) is 16.0 Å². The van der Waals surface area contributed by atoms with Crippen molar-refractivity contribution in [1.29, 1.82) is 0 Å². The Kier molecular flexibility index (Phi) is 5.11. The van der Waals surface area contributed by atoms with Gasteiger partial charge in [-0.25, -0.2) is 9.97 Å². The van der Waals surface area contributed by atoms with Gasteiger partial charge in [0.05, 0.1) is 13.2 Å². The van der Waals surface area contributed by atoms with Crippen molar-refractivity contribution in [3.05, 3.63) is 17.1 Å². The summed E-state index contributed by atoms with van der Waals surface area (Å²) in [6.07, 6.45) is 5.08. The maximum absolute atomic E-state index is 12.3. The lowest BCUT2D eigenvalue weighted by Crippen LogP contribution is -2.40. The predicted molar refractivity (Wildman–Crippen MR) is 100 cm³/mol. The first-order valence-corrected chi connectivity index (χ1v) is 10.2. The highest BCUT2D eigenvalue weighted by atomic mass is 16.5. The van der Waals surface area contributed by atoms with Crippen molar-refractivity contribution >= 4 is 11.7 Å². The van der Waals surface area contributed by atoms with E-state index in [0.717, 1.165) is 88.8 Å². The number of carbonyl (C=O) groups is 1. The lowest BCUT2D eigenvalue weighted by Gasteiger charge is -2.33. The number of aryl methyl sites for hydroxylation is 1. The van der Waals surface area contributed by atoms with Crippen molar-refractivity contribution < 1.29 is 9.53 Å². The molecule has 6 heteroatoms. The van der Waals surface area contributed by atoms with Gasteiger partial charge in [0, 0.05) is 49.3 Å². The standard InChI is InChI=1S/C20H30N4O2/c1-3-17-14(2)21-18(22-19(17)23-10-12-26-13-11-23)15-6-8-24(9-7-15)20(25)16-4-5-16/h15-16H,3-13H2,1-2H3. The minimum atomic E-state index is 0.321. The smallest absolute Gasteiger partial charge is 0.225 e. The van der Waals surface area contributed by atoms with Crippen molar-refractivity contribution in [2.45, 2.75) is 51.9 Å². The van der Waals surface area contributed by atoms with Crippen molar-refractivity contribution in [3.63, 3.8) is 0 Å². The molecule has 0 aromatic carbocycles. The largest absolute Gasteiger partial charge is 0.378 e. The number of ether oxygens (including phenoxy) is 1. The van der Waals surface area contributed by atoms with Gasteiger partial charge in [-0.1, -0.05) is 6.92 Å². The summed E-state index contributed by atoms with van der Waals surface area (Å²) in [5.74, 6) is 3.13. The van der Waals surface area contributed by atoms with E-state index in [-0.39, 0.29) is 0 Å². The van der Waals surface area contributed by atoms with Gasteiger partial charge in [-0.2, -0.15) is 0 Å². The second kappa shape index (κ2) is 7.51. The normalized spacial score (nSPS) is 21.9. The molecule has 0 bridgehead atoms. The Hall–Kier alpha value is -1.69. The Morgan fingerprint density at radius 2 is 1.77 bits per heavy atom. The monoisotopic (exact) mass is 358 g/mol. The summed E-state index contributed by atoms with van der Waals surface area (Å²) >= 11 is 0. The van der Waals surface area contributed by atoms with E-state index in [1.807, 2.05) is 0 Å². The van der Waals surface area contributed by atoms with Crippen LogP contribution in [0.1, 0.15) is 55.6 Å². The van der Waals surface area contributed by atoms with Crippen LogP contribution in [0, 0.1) is 12.8 Å². The van der Waals surface area contributed by atoms with Gasteiger partial charge in [0.25, 0.3) is 0 Å². The molecule has 3 aliphatic rings. The van der Waals surface area contributed by atoms with Gasteiger partial charge in [-0.3, -0.25) is 4.79 Å². The first kappa shape index (κ1) is 17.7. The molecule has 2 saturated heterocycles. The quantitative estimate of drug-likeness (QED) is 0.827. The van der Waals surface area contributed by atoms with E-state index in [1.165, 1.54) is 5.56 Å². The first-order chi connectivity index (χ1) is 12.7. The fraction of sp³-hybridized carbons (Fsp3) is 0.750. The van der Waals surface area contributed by atoms with Gasteiger partial charge in [0.15, 0.2) is 0 Å². The molecule has 3 heterocycles. The van der Waals surface area contributed by atoms with Gasteiger partial charge in [0.1, 0.15) is 11.6 Å². The van der Waals surface area contributed by atoms with Crippen LogP contribution in [-0.4, -0.2) is 60.2 Å². The molecule has 1 saturated carbocycles. The summed E-state index contributed by atoms with van der Waals surface area (Å²) < 4.78 is 5.51. The second-order valence-corrected chi connectivity index (χ2v) is 7.80. The zero-order valence-electron chi connectivity index (χ0n) is 16.0. The molecule has 6 nitrogen and oxygen atoms in total. The molecule has 3 fully saturated rings. The molecule has 1 aromatic rings. The Labute approximate surface area is 155 Å². The number of likely N-dealkylation sites (tertiary alicyclic amines) is 1. The highest BCUT2D eigenvalue weighted by molar-refractivity contribution is 5.81. The van der Waals surface area contributed by atoms with E-state index in [4.69, 9.17) is 14.7 Å². The highest BCUT2D eigenvalue weighted by Gasteiger charge is 2.35. The fourth-order valence-electron chi connectivity index (χ4n) is 4.18. The average molecular weight is 358 g/mol. The van der Waals surface area contributed by atoms with Crippen LogP contribution >= 0.6 is 0 Å². The predicted octanol–water partition coefficient (Wildman–Crippen LogP) is 2.30. The van der Waals surface area contributed by atoms with Crippen molar-refractivity contribution in [1.82, 2.24) is 14.9 Å². The van der Waals surface area contributed by atoms with Crippen LogP contribution in [0.15, 0.2) is 0 Å². The number of piperidine rings is 1. The number of hydrogen-bond donors (Lipinski definition) is 0. The molecule has 0 N–H and O–H groups in total. The van der Waals surface area contributed by atoms with Crippen LogP contribution < -0.4 is 4.90 Å².